The van der Waals surface area contributed by atoms with E-state index in [1.807, 2.05) is 24.3 Å². The summed E-state index contributed by atoms with van der Waals surface area (Å²) in [4.78, 5) is 14.8. The van der Waals surface area contributed by atoms with Crippen molar-refractivity contribution in [2.45, 2.75) is 23.8 Å². The first-order valence-electron chi connectivity index (χ1n) is 9.54. The zero-order valence-corrected chi connectivity index (χ0v) is 17.1. The Bertz CT molecular complexity index is 952. The second kappa shape index (κ2) is 8.10. The van der Waals surface area contributed by atoms with Crippen LogP contribution in [0.1, 0.15) is 11.1 Å². The highest BCUT2D eigenvalue weighted by Gasteiger charge is 2.20. The van der Waals surface area contributed by atoms with Gasteiger partial charge in [0, 0.05) is 42.8 Å². The third-order valence-electron chi connectivity index (χ3n) is 5.19. The van der Waals surface area contributed by atoms with E-state index in [-0.39, 0.29) is 0 Å². The summed E-state index contributed by atoms with van der Waals surface area (Å²) in [6.07, 6.45) is 0. The van der Waals surface area contributed by atoms with Crippen molar-refractivity contribution in [3.8, 4) is 0 Å². The summed E-state index contributed by atoms with van der Waals surface area (Å²) in [5, 5.41) is 0.880. The van der Waals surface area contributed by atoms with Crippen LogP contribution in [0.4, 0.5) is 17.5 Å². The molecule has 0 spiro atoms. The Hall–Kier alpha value is -2.73. The largest absolute Gasteiger partial charge is 0.368 e. The lowest BCUT2D eigenvalue weighted by Crippen LogP contribution is -2.47. The number of hydrogen-bond donors (Lipinski definition) is 1. The molecule has 1 aliphatic heterocycles. The van der Waals surface area contributed by atoms with Crippen molar-refractivity contribution in [3.05, 3.63) is 65.7 Å². The summed E-state index contributed by atoms with van der Waals surface area (Å²) >= 11 is 1.61. The minimum Gasteiger partial charge on any atom is -0.368 e. The van der Waals surface area contributed by atoms with Crippen LogP contribution in [0.3, 0.4) is 0 Å². The van der Waals surface area contributed by atoms with Gasteiger partial charge in [-0.05, 0) is 43.2 Å². The third kappa shape index (κ3) is 4.07. The van der Waals surface area contributed by atoms with E-state index in [4.69, 9.17) is 5.73 Å². The minimum absolute atomic E-state index is 0.327. The van der Waals surface area contributed by atoms with Crippen LogP contribution in [0.15, 0.2) is 64.5 Å². The maximum absolute atomic E-state index is 6.00. The Morgan fingerprint density at radius 3 is 2.32 bits per heavy atom. The highest BCUT2D eigenvalue weighted by Crippen LogP contribution is 2.30. The van der Waals surface area contributed by atoms with E-state index in [1.165, 1.54) is 16.8 Å². The fourth-order valence-corrected chi connectivity index (χ4v) is 4.35. The Morgan fingerprint density at radius 2 is 1.57 bits per heavy atom. The van der Waals surface area contributed by atoms with Crippen LogP contribution < -0.4 is 15.5 Å². The molecule has 144 valence electrons. The third-order valence-corrected chi connectivity index (χ3v) is 6.12. The predicted molar refractivity (Wildman–Crippen MR) is 117 cm³/mol. The molecule has 1 fully saturated rings. The van der Waals surface area contributed by atoms with E-state index in [2.05, 4.69) is 63.9 Å². The zero-order chi connectivity index (χ0) is 19.5. The average Bonchev–Trinajstić information content (AvgIpc) is 2.71. The molecule has 0 bridgehead atoms. The Labute approximate surface area is 170 Å². The molecule has 0 unspecified atom stereocenters. The van der Waals surface area contributed by atoms with Gasteiger partial charge in [-0.15, -0.1) is 0 Å². The van der Waals surface area contributed by atoms with Crippen molar-refractivity contribution in [2.75, 3.05) is 41.7 Å². The Balaban J connectivity index is 1.48. The number of benzene rings is 2. The normalized spacial score (nSPS) is 14.4. The summed E-state index contributed by atoms with van der Waals surface area (Å²) in [6, 6.07) is 18.8. The molecule has 2 aromatic carbocycles. The average molecular weight is 392 g/mol. The zero-order valence-electron chi connectivity index (χ0n) is 16.3. The summed E-state index contributed by atoms with van der Waals surface area (Å²) in [5.41, 5.74) is 10.0. The SMILES string of the molecule is Cc1cccc(N2CCN(c3cc(Sc4ccccc4)nc(N)n3)CC2)c1C. The molecule has 1 saturated heterocycles. The van der Waals surface area contributed by atoms with Gasteiger partial charge in [0.05, 0.1) is 0 Å². The van der Waals surface area contributed by atoms with Crippen molar-refractivity contribution in [1.82, 2.24) is 9.97 Å². The van der Waals surface area contributed by atoms with Crippen molar-refractivity contribution in [3.63, 3.8) is 0 Å². The molecule has 0 amide bonds. The molecule has 6 heteroatoms. The van der Waals surface area contributed by atoms with Gasteiger partial charge in [-0.3, -0.25) is 0 Å². The molecule has 0 radical (unpaired) electrons. The lowest BCUT2D eigenvalue weighted by atomic mass is 10.1. The lowest BCUT2D eigenvalue weighted by molar-refractivity contribution is 0.644. The maximum atomic E-state index is 6.00. The van der Waals surface area contributed by atoms with Gasteiger partial charge >= 0.3 is 0 Å². The predicted octanol–water partition coefficient (Wildman–Crippen LogP) is 4.15. The van der Waals surface area contributed by atoms with Crippen LogP contribution in [0.5, 0.6) is 0 Å². The number of aryl methyl sites for hydroxylation is 1. The van der Waals surface area contributed by atoms with Gasteiger partial charge in [0.2, 0.25) is 5.95 Å². The highest BCUT2D eigenvalue weighted by molar-refractivity contribution is 7.99. The van der Waals surface area contributed by atoms with Crippen LogP contribution >= 0.6 is 11.8 Å². The first-order chi connectivity index (χ1) is 13.6. The molecule has 3 aromatic rings. The maximum Gasteiger partial charge on any atom is 0.223 e. The van der Waals surface area contributed by atoms with E-state index < -0.39 is 0 Å². The second-order valence-corrected chi connectivity index (χ2v) is 8.12. The van der Waals surface area contributed by atoms with Gasteiger partial charge in [0.15, 0.2) is 0 Å². The van der Waals surface area contributed by atoms with Gasteiger partial charge in [0.1, 0.15) is 10.8 Å². The number of hydrogen-bond acceptors (Lipinski definition) is 6. The summed E-state index contributed by atoms with van der Waals surface area (Å²) in [7, 11) is 0. The van der Waals surface area contributed by atoms with Gasteiger partial charge in [0.25, 0.3) is 0 Å². The van der Waals surface area contributed by atoms with Crippen LogP contribution in [0.25, 0.3) is 0 Å². The van der Waals surface area contributed by atoms with Gasteiger partial charge in [-0.2, -0.15) is 4.98 Å². The fraction of sp³-hybridized carbons (Fsp3) is 0.273. The van der Waals surface area contributed by atoms with Crippen molar-refractivity contribution < 1.29 is 0 Å². The molecule has 2 N–H and O–H groups in total. The number of anilines is 3. The minimum atomic E-state index is 0.327. The van der Waals surface area contributed by atoms with E-state index in [1.54, 1.807) is 11.8 Å². The standard InChI is InChI=1S/C22H25N5S/c1-16-7-6-10-19(17(16)2)26-11-13-27(14-12-26)20-15-21(25-22(23)24-20)28-18-8-4-3-5-9-18/h3-10,15H,11-14H2,1-2H3,(H2,23,24,25). The lowest BCUT2D eigenvalue weighted by Gasteiger charge is -2.37. The summed E-state index contributed by atoms with van der Waals surface area (Å²) in [6.45, 7) is 8.14. The van der Waals surface area contributed by atoms with Crippen LogP contribution in [-0.2, 0) is 0 Å². The number of nitrogens with zero attached hydrogens (tertiary/aromatic N) is 4. The van der Waals surface area contributed by atoms with E-state index in [0.29, 0.717) is 5.95 Å². The number of rotatable bonds is 4. The van der Waals surface area contributed by atoms with E-state index in [0.717, 1.165) is 41.9 Å². The van der Waals surface area contributed by atoms with Gasteiger partial charge in [-0.25, -0.2) is 4.98 Å². The summed E-state index contributed by atoms with van der Waals surface area (Å²) < 4.78 is 0. The second-order valence-electron chi connectivity index (χ2n) is 7.03. The van der Waals surface area contributed by atoms with Crippen molar-refractivity contribution >= 4 is 29.2 Å². The van der Waals surface area contributed by atoms with Crippen LogP contribution in [-0.4, -0.2) is 36.1 Å². The molecule has 1 aliphatic rings. The number of nitrogens with two attached hydrogens (primary N) is 1. The number of nitrogen functional groups attached to an aromatic ring is 1. The van der Waals surface area contributed by atoms with Gasteiger partial charge in [-0.1, -0.05) is 42.1 Å². The van der Waals surface area contributed by atoms with Crippen molar-refractivity contribution in [1.29, 1.82) is 0 Å². The van der Waals surface area contributed by atoms with Gasteiger partial charge < -0.3 is 15.5 Å². The van der Waals surface area contributed by atoms with Crippen LogP contribution in [0, 0.1) is 13.8 Å². The first kappa shape index (κ1) is 18.6. The van der Waals surface area contributed by atoms with Crippen LogP contribution in [0.2, 0.25) is 0 Å². The van der Waals surface area contributed by atoms with E-state index >= 15 is 0 Å². The summed E-state index contributed by atoms with van der Waals surface area (Å²) in [5.74, 6) is 1.24. The topological polar surface area (TPSA) is 58.3 Å². The number of aromatic nitrogens is 2. The fourth-order valence-electron chi connectivity index (χ4n) is 3.51. The monoisotopic (exact) mass is 391 g/mol. The Kier molecular flexibility index (Phi) is 5.39. The molecule has 2 heterocycles. The van der Waals surface area contributed by atoms with E-state index in [9.17, 15) is 0 Å². The molecule has 1 aromatic heterocycles. The first-order valence-corrected chi connectivity index (χ1v) is 10.4. The molecular weight excluding hydrogens is 366 g/mol. The quantitative estimate of drug-likeness (QED) is 0.674. The molecule has 0 aliphatic carbocycles. The smallest absolute Gasteiger partial charge is 0.223 e. The molecule has 4 rings (SSSR count). The molecule has 0 saturated carbocycles. The highest BCUT2D eigenvalue weighted by atomic mass is 32.2. The molecule has 5 nitrogen and oxygen atoms in total. The number of piperazine rings is 1. The molecule has 0 atom stereocenters. The molecule has 28 heavy (non-hydrogen) atoms. The van der Waals surface area contributed by atoms with Crippen molar-refractivity contribution in [2.24, 2.45) is 0 Å². The Morgan fingerprint density at radius 1 is 0.857 bits per heavy atom. The molecular formula is C22H25N5S.